The van der Waals surface area contributed by atoms with E-state index in [-0.39, 0.29) is 27.1 Å². The van der Waals surface area contributed by atoms with Crippen molar-refractivity contribution in [2.24, 2.45) is 10.7 Å². The van der Waals surface area contributed by atoms with Gasteiger partial charge in [-0.15, -0.1) is 0 Å². The molecule has 0 saturated carbocycles. The minimum atomic E-state index is -4.58. The van der Waals surface area contributed by atoms with Crippen LogP contribution < -0.4 is 5.73 Å². The predicted molar refractivity (Wildman–Crippen MR) is 100 cm³/mol. The van der Waals surface area contributed by atoms with Gasteiger partial charge in [0.15, 0.2) is 5.70 Å². The zero-order chi connectivity index (χ0) is 21.2. The van der Waals surface area contributed by atoms with Crippen LogP contribution in [0.3, 0.4) is 0 Å². The molecule has 10 heteroatoms. The summed E-state index contributed by atoms with van der Waals surface area (Å²) in [6, 6.07) is 6.64. The second-order valence-corrected chi connectivity index (χ2v) is 6.51. The molecular formula is C18H12Cl2F3N5. The van der Waals surface area contributed by atoms with Crippen LogP contribution in [0, 0.1) is 36.5 Å². The van der Waals surface area contributed by atoms with Crippen molar-refractivity contribution in [2.75, 3.05) is 0 Å². The largest absolute Gasteiger partial charge is 0.416 e. The highest BCUT2D eigenvalue weighted by Gasteiger charge is 2.32. The van der Waals surface area contributed by atoms with Crippen LogP contribution in [-0.2, 0) is 6.18 Å². The number of halogens is 5. The molecule has 2 rings (SSSR count). The fourth-order valence-corrected chi connectivity index (χ4v) is 3.21. The fourth-order valence-electron chi connectivity index (χ4n) is 2.55. The van der Waals surface area contributed by atoms with Crippen LogP contribution in [0.2, 0.25) is 10.0 Å². The van der Waals surface area contributed by atoms with Gasteiger partial charge in [-0.1, -0.05) is 23.2 Å². The summed E-state index contributed by atoms with van der Waals surface area (Å²) in [6.07, 6.45) is -3.25. The number of nitrogens with zero attached hydrogens (tertiary/aromatic N) is 4. The van der Waals surface area contributed by atoms with Crippen LogP contribution in [-0.4, -0.2) is 10.8 Å². The Morgan fingerprint density at radius 1 is 1.14 bits per heavy atom. The number of hydrogen-bond acceptors (Lipinski definition) is 4. The van der Waals surface area contributed by atoms with Gasteiger partial charge in [0.05, 0.1) is 21.3 Å². The van der Waals surface area contributed by atoms with Gasteiger partial charge in [-0.3, -0.25) is 0 Å². The molecule has 1 aromatic carbocycles. The zero-order valence-electron chi connectivity index (χ0n) is 14.6. The molecule has 0 aliphatic carbocycles. The minimum Gasteiger partial charge on any atom is -0.388 e. The van der Waals surface area contributed by atoms with Crippen molar-refractivity contribution < 1.29 is 13.2 Å². The molecule has 1 heterocycles. The molecule has 0 unspecified atom stereocenters. The smallest absolute Gasteiger partial charge is 0.388 e. The van der Waals surface area contributed by atoms with Crippen molar-refractivity contribution in [3.05, 3.63) is 62.2 Å². The normalized spacial score (nSPS) is 12.6. The molecule has 2 aromatic rings. The molecule has 1 aromatic heterocycles. The molecule has 5 nitrogen and oxygen atoms in total. The Morgan fingerprint density at radius 2 is 1.71 bits per heavy atom. The van der Waals surface area contributed by atoms with Gasteiger partial charge in [0.25, 0.3) is 0 Å². The molecule has 0 fully saturated rings. The molecule has 0 saturated heterocycles. The Morgan fingerprint density at radius 3 is 2.18 bits per heavy atom. The molecule has 0 atom stereocenters. The number of benzene rings is 1. The molecule has 0 aliphatic rings. The number of rotatable bonds is 3. The molecular weight excluding hydrogens is 414 g/mol. The number of hydrogen-bond donors (Lipinski definition) is 1. The molecule has 0 bridgehead atoms. The van der Waals surface area contributed by atoms with Gasteiger partial charge in [0, 0.05) is 23.2 Å². The summed E-state index contributed by atoms with van der Waals surface area (Å²) in [5.41, 5.74) is 5.79. The van der Waals surface area contributed by atoms with Crippen LogP contribution >= 0.6 is 23.2 Å². The average Bonchev–Trinajstić information content (AvgIpc) is 2.88. The van der Waals surface area contributed by atoms with Gasteiger partial charge in [-0.25, -0.2) is 4.99 Å². The second-order valence-electron chi connectivity index (χ2n) is 5.69. The third kappa shape index (κ3) is 4.14. The van der Waals surface area contributed by atoms with E-state index >= 15 is 0 Å². The van der Waals surface area contributed by atoms with E-state index in [1.807, 2.05) is 0 Å². The van der Waals surface area contributed by atoms with Crippen molar-refractivity contribution in [3.8, 4) is 17.8 Å². The first-order valence-corrected chi connectivity index (χ1v) is 8.36. The molecule has 0 radical (unpaired) electrons. The Hall–Kier alpha value is -2.94. The molecule has 144 valence electrons. The summed E-state index contributed by atoms with van der Waals surface area (Å²) in [5.74, 6) is 0. The van der Waals surface area contributed by atoms with Crippen LogP contribution in [0.15, 0.2) is 34.6 Å². The number of aromatic nitrogens is 1. The van der Waals surface area contributed by atoms with E-state index < -0.39 is 11.7 Å². The number of alkyl halides is 3. The summed E-state index contributed by atoms with van der Waals surface area (Å²) < 4.78 is 40.4. The highest BCUT2D eigenvalue weighted by atomic mass is 35.5. The van der Waals surface area contributed by atoms with Crippen LogP contribution in [0.1, 0.15) is 22.5 Å². The van der Waals surface area contributed by atoms with Crippen LogP contribution in [0.25, 0.3) is 5.69 Å². The van der Waals surface area contributed by atoms with E-state index in [2.05, 4.69) is 4.99 Å². The fraction of sp³-hybridized carbons (Fsp3) is 0.167. The molecule has 0 amide bonds. The van der Waals surface area contributed by atoms with Gasteiger partial charge < -0.3 is 10.3 Å². The first-order valence-electron chi connectivity index (χ1n) is 7.60. The molecule has 0 spiro atoms. The monoisotopic (exact) mass is 425 g/mol. The summed E-state index contributed by atoms with van der Waals surface area (Å²) >= 11 is 12.2. The maximum Gasteiger partial charge on any atom is 0.416 e. The van der Waals surface area contributed by atoms with Crippen molar-refractivity contribution in [3.63, 3.8) is 0 Å². The number of allylic oxidation sites excluding steroid dienone is 2. The lowest BCUT2D eigenvalue weighted by Crippen LogP contribution is -2.08. The first kappa shape index (κ1) is 21.4. The molecule has 2 N–H and O–H groups in total. The van der Waals surface area contributed by atoms with Crippen LogP contribution in [0.4, 0.5) is 13.2 Å². The predicted octanol–water partition coefficient (Wildman–Crippen LogP) is 5.06. The maximum atomic E-state index is 12.9. The third-order valence-corrected chi connectivity index (χ3v) is 4.43. The minimum absolute atomic E-state index is 0.170. The number of aliphatic imine (C=N–C) groups is 1. The quantitative estimate of drug-likeness (QED) is 0.550. The highest BCUT2D eigenvalue weighted by molar-refractivity contribution is 6.38. The van der Waals surface area contributed by atoms with Crippen molar-refractivity contribution in [1.82, 2.24) is 4.57 Å². The first-order chi connectivity index (χ1) is 13.0. The van der Waals surface area contributed by atoms with Gasteiger partial charge in [-0.05, 0) is 32.0 Å². The topological polar surface area (TPSA) is 90.9 Å². The van der Waals surface area contributed by atoms with Crippen LogP contribution in [0.5, 0.6) is 0 Å². The lowest BCUT2D eigenvalue weighted by molar-refractivity contribution is -0.137. The van der Waals surface area contributed by atoms with E-state index in [1.54, 1.807) is 36.6 Å². The number of aryl methyl sites for hydroxylation is 1. The van der Waals surface area contributed by atoms with E-state index in [0.717, 1.165) is 12.1 Å². The summed E-state index contributed by atoms with van der Waals surface area (Å²) in [5, 5.41) is 17.4. The van der Waals surface area contributed by atoms with Gasteiger partial charge in [0.2, 0.25) is 0 Å². The maximum absolute atomic E-state index is 12.9. The summed E-state index contributed by atoms with van der Waals surface area (Å²) in [6.45, 7) is 3.39. The third-order valence-electron chi connectivity index (χ3n) is 3.85. The van der Waals surface area contributed by atoms with E-state index in [0.29, 0.717) is 17.0 Å². The van der Waals surface area contributed by atoms with Crippen molar-refractivity contribution in [1.29, 1.82) is 10.5 Å². The van der Waals surface area contributed by atoms with Gasteiger partial charge in [-0.2, -0.15) is 23.7 Å². The molecule has 28 heavy (non-hydrogen) atoms. The van der Waals surface area contributed by atoms with Gasteiger partial charge in [0.1, 0.15) is 17.8 Å². The Bertz CT molecular complexity index is 1060. The summed E-state index contributed by atoms with van der Waals surface area (Å²) in [7, 11) is 0. The lowest BCUT2D eigenvalue weighted by Gasteiger charge is -2.16. The van der Waals surface area contributed by atoms with Crippen molar-refractivity contribution in [2.45, 2.75) is 20.0 Å². The standard InChI is InChI=1S/C18H12Cl2F3N5/c1-9-3-11(8-27-16(7-25)15(26)6-24)10(2)28(9)17-13(19)4-12(5-14(17)20)18(21,22)23/h3-5,8H,26H2,1-2H3. The SMILES string of the molecule is Cc1cc(C=NC(C#N)=C(N)C#N)c(C)n1-c1c(Cl)cc(C(F)(F)F)cc1Cl. The second kappa shape index (κ2) is 7.97. The highest BCUT2D eigenvalue weighted by Crippen LogP contribution is 2.38. The lowest BCUT2D eigenvalue weighted by atomic mass is 10.2. The Balaban J connectivity index is 2.60. The molecule has 0 aliphatic heterocycles. The zero-order valence-corrected chi connectivity index (χ0v) is 16.1. The number of nitriles is 2. The summed E-state index contributed by atoms with van der Waals surface area (Å²) in [4.78, 5) is 3.90. The average molecular weight is 426 g/mol. The Labute approximate surface area is 168 Å². The Kier molecular flexibility index (Phi) is 6.08. The van der Waals surface area contributed by atoms with E-state index in [1.165, 1.54) is 6.21 Å². The van der Waals surface area contributed by atoms with E-state index in [9.17, 15) is 13.2 Å². The number of nitrogens with two attached hydrogens (primary N) is 1. The van der Waals surface area contributed by atoms with Crippen molar-refractivity contribution >= 4 is 29.4 Å². The van der Waals surface area contributed by atoms with E-state index in [4.69, 9.17) is 39.5 Å². The van der Waals surface area contributed by atoms with Gasteiger partial charge >= 0.3 is 6.18 Å².